The molecule has 1 N–H and O–H groups in total. The van der Waals surface area contributed by atoms with Crippen LogP contribution in [0.4, 0.5) is 10.5 Å². The first-order valence-corrected chi connectivity index (χ1v) is 10.7. The van der Waals surface area contributed by atoms with Gasteiger partial charge < -0.3 is 19.7 Å². The molecule has 3 heterocycles. The number of piperidine rings is 1. The van der Waals surface area contributed by atoms with Crippen LogP contribution in [0.2, 0.25) is 0 Å². The van der Waals surface area contributed by atoms with Gasteiger partial charge in [0.15, 0.2) is 0 Å². The monoisotopic (exact) mass is 418 g/mol. The first-order valence-electron chi connectivity index (χ1n) is 10.7. The van der Waals surface area contributed by atoms with Crippen molar-refractivity contribution >= 4 is 11.7 Å². The van der Waals surface area contributed by atoms with Crippen molar-refractivity contribution in [1.29, 1.82) is 0 Å². The van der Waals surface area contributed by atoms with Gasteiger partial charge in [-0.25, -0.2) is 9.48 Å². The molecule has 1 fully saturated rings. The average molecular weight is 418 g/mol. The highest BCUT2D eigenvalue weighted by molar-refractivity contribution is 5.89. The Balaban J connectivity index is 1.30. The van der Waals surface area contributed by atoms with Crippen LogP contribution in [0.25, 0.3) is 5.69 Å². The summed E-state index contributed by atoms with van der Waals surface area (Å²) in [5, 5.41) is 7.88. The van der Waals surface area contributed by atoms with Crippen molar-refractivity contribution in [2.75, 3.05) is 32.1 Å². The number of anilines is 1. The second-order valence-electron chi connectivity index (χ2n) is 8.02. The largest absolute Gasteiger partial charge is 0.497 e. The van der Waals surface area contributed by atoms with E-state index in [1.807, 2.05) is 52.0 Å². The Morgan fingerprint density at radius 1 is 1.13 bits per heavy atom. The predicted molar refractivity (Wildman–Crippen MR) is 118 cm³/mol. The average Bonchev–Trinajstić information content (AvgIpc) is 3.26. The summed E-state index contributed by atoms with van der Waals surface area (Å²) in [6.07, 6.45) is 4.45. The van der Waals surface area contributed by atoms with Gasteiger partial charge in [-0.3, -0.25) is 0 Å². The number of methoxy groups -OCH3 is 1. The van der Waals surface area contributed by atoms with Gasteiger partial charge in [-0.05, 0) is 49.1 Å². The van der Waals surface area contributed by atoms with E-state index in [-0.39, 0.29) is 6.03 Å². The molecule has 5 rings (SSSR count). The van der Waals surface area contributed by atoms with Gasteiger partial charge in [-0.15, -0.1) is 0 Å². The SMILES string of the molecule is COc1cccc(NC(=O)N2CCC3(CC2)OCCc2cn(-c4ccccc4)nc23)c1. The van der Waals surface area contributed by atoms with Crippen LogP contribution in [-0.4, -0.2) is 47.5 Å². The zero-order valence-corrected chi connectivity index (χ0v) is 17.6. The zero-order valence-electron chi connectivity index (χ0n) is 17.6. The van der Waals surface area contributed by atoms with E-state index in [4.69, 9.17) is 14.6 Å². The van der Waals surface area contributed by atoms with E-state index < -0.39 is 5.60 Å². The number of likely N-dealkylation sites (tertiary alicyclic amines) is 1. The van der Waals surface area contributed by atoms with Gasteiger partial charge in [-0.1, -0.05) is 24.3 Å². The van der Waals surface area contributed by atoms with Crippen LogP contribution in [0, 0.1) is 0 Å². The molecule has 7 nitrogen and oxygen atoms in total. The summed E-state index contributed by atoms with van der Waals surface area (Å²) in [4.78, 5) is 14.6. The minimum absolute atomic E-state index is 0.103. The number of aromatic nitrogens is 2. The Labute approximate surface area is 181 Å². The van der Waals surface area contributed by atoms with Crippen LogP contribution < -0.4 is 10.1 Å². The van der Waals surface area contributed by atoms with Crippen LogP contribution >= 0.6 is 0 Å². The van der Waals surface area contributed by atoms with Crippen molar-refractivity contribution < 1.29 is 14.3 Å². The maximum atomic E-state index is 12.8. The van der Waals surface area contributed by atoms with Crippen LogP contribution in [0.1, 0.15) is 24.1 Å². The molecule has 0 radical (unpaired) electrons. The summed E-state index contributed by atoms with van der Waals surface area (Å²) in [5.74, 6) is 0.715. The number of nitrogens with zero attached hydrogens (tertiary/aromatic N) is 3. The van der Waals surface area contributed by atoms with Gasteiger partial charge in [0.1, 0.15) is 11.4 Å². The number of ether oxygens (including phenoxy) is 2. The molecule has 0 saturated carbocycles. The minimum Gasteiger partial charge on any atom is -0.497 e. The Bertz CT molecular complexity index is 1070. The number of fused-ring (bicyclic) bond motifs is 2. The molecule has 2 amide bonds. The normalized spacial score (nSPS) is 17.3. The molecule has 1 saturated heterocycles. The molecule has 7 heteroatoms. The maximum absolute atomic E-state index is 12.8. The smallest absolute Gasteiger partial charge is 0.321 e. The fourth-order valence-corrected chi connectivity index (χ4v) is 4.47. The highest BCUT2D eigenvalue weighted by Crippen LogP contribution is 2.41. The Hall–Kier alpha value is -3.32. The molecular formula is C24H26N4O3. The Morgan fingerprint density at radius 2 is 1.94 bits per heavy atom. The minimum atomic E-state index is -0.416. The zero-order chi connectivity index (χ0) is 21.3. The number of amides is 2. The van der Waals surface area contributed by atoms with Gasteiger partial charge in [0.05, 0.1) is 25.1 Å². The predicted octanol–water partition coefficient (Wildman–Crippen LogP) is 3.98. The van der Waals surface area contributed by atoms with Crippen molar-refractivity contribution in [3.05, 3.63) is 72.1 Å². The molecule has 0 bridgehead atoms. The fraction of sp³-hybridized carbons (Fsp3) is 0.333. The number of carbonyl (C=O) groups excluding carboxylic acids is 1. The number of benzene rings is 2. The lowest BCUT2D eigenvalue weighted by molar-refractivity contribution is -0.0949. The van der Waals surface area contributed by atoms with E-state index in [9.17, 15) is 4.79 Å². The van der Waals surface area contributed by atoms with E-state index in [1.165, 1.54) is 5.56 Å². The van der Waals surface area contributed by atoms with E-state index >= 15 is 0 Å². The molecule has 2 aromatic carbocycles. The number of para-hydroxylation sites is 1. The number of nitrogens with one attached hydrogen (secondary N) is 1. The van der Waals surface area contributed by atoms with E-state index in [2.05, 4.69) is 23.6 Å². The van der Waals surface area contributed by atoms with Crippen molar-refractivity contribution in [3.63, 3.8) is 0 Å². The molecule has 0 atom stereocenters. The van der Waals surface area contributed by atoms with Gasteiger partial charge in [-0.2, -0.15) is 5.10 Å². The summed E-state index contributed by atoms with van der Waals surface area (Å²) >= 11 is 0. The van der Waals surface area contributed by atoms with Gasteiger partial charge in [0.25, 0.3) is 0 Å². The molecule has 0 unspecified atom stereocenters. The molecule has 31 heavy (non-hydrogen) atoms. The lowest BCUT2D eigenvalue weighted by Crippen LogP contribution is -2.49. The number of urea groups is 1. The van der Waals surface area contributed by atoms with Gasteiger partial charge in [0.2, 0.25) is 0 Å². The second kappa shape index (κ2) is 8.07. The lowest BCUT2D eigenvalue weighted by Gasteiger charge is -2.42. The molecule has 2 aliphatic heterocycles. The summed E-state index contributed by atoms with van der Waals surface area (Å²) in [6, 6.07) is 17.4. The third kappa shape index (κ3) is 3.77. The standard InChI is InChI=1S/C24H26N4O3/c1-30-21-9-5-6-19(16-21)25-23(29)27-13-11-24(12-14-27)22-18(10-15-31-24)17-28(26-22)20-7-3-2-4-8-20/h2-9,16-17H,10-15H2,1H3,(H,25,29). The second-order valence-corrected chi connectivity index (χ2v) is 8.02. The molecular weight excluding hydrogens is 392 g/mol. The maximum Gasteiger partial charge on any atom is 0.321 e. The highest BCUT2D eigenvalue weighted by Gasteiger charge is 2.44. The quantitative estimate of drug-likeness (QED) is 0.699. The lowest BCUT2D eigenvalue weighted by atomic mass is 9.84. The number of rotatable bonds is 3. The third-order valence-electron chi connectivity index (χ3n) is 6.17. The third-order valence-corrected chi connectivity index (χ3v) is 6.17. The van der Waals surface area contributed by atoms with Crippen LogP contribution in [0.15, 0.2) is 60.8 Å². The summed E-state index contributed by atoms with van der Waals surface area (Å²) in [5.41, 5.74) is 3.62. The molecule has 0 aliphatic carbocycles. The first kappa shape index (κ1) is 19.6. The fourth-order valence-electron chi connectivity index (χ4n) is 4.47. The summed E-state index contributed by atoms with van der Waals surface area (Å²) in [6.45, 7) is 1.92. The Kier molecular flexibility index (Phi) is 5.11. The molecule has 2 aliphatic rings. The van der Waals surface area contributed by atoms with Crippen molar-refractivity contribution in [3.8, 4) is 11.4 Å². The number of hydrogen-bond donors (Lipinski definition) is 1. The van der Waals surface area contributed by atoms with Crippen LogP contribution in [-0.2, 0) is 16.8 Å². The van der Waals surface area contributed by atoms with E-state index in [0.717, 1.165) is 36.3 Å². The van der Waals surface area contributed by atoms with Crippen LogP contribution in [0.5, 0.6) is 5.75 Å². The van der Waals surface area contributed by atoms with Gasteiger partial charge >= 0.3 is 6.03 Å². The number of carbonyl (C=O) groups is 1. The molecule has 1 spiro atoms. The number of hydrogen-bond acceptors (Lipinski definition) is 4. The summed E-state index contributed by atoms with van der Waals surface area (Å²) < 4.78 is 13.5. The van der Waals surface area contributed by atoms with Crippen molar-refractivity contribution in [2.45, 2.75) is 24.9 Å². The molecule has 3 aromatic rings. The summed E-state index contributed by atoms with van der Waals surface area (Å²) in [7, 11) is 1.61. The highest BCUT2D eigenvalue weighted by atomic mass is 16.5. The molecule has 1 aromatic heterocycles. The van der Waals surface area contributed by atoms with E-state index in [0.29, 0.717) is 25.4 Å². The molecule has 160 valence electrons. The Morgan fingerprint density at radius 3 is 2.71 bits per heavy atom. The van der Waals surface area contributed by atoms with E-state index in [1.54, 1.807) is 7.11 Å². The van der Waals surface area contributed by atoms with Gasteiger partial charge in [0, 0.05) is 31.0 Å². The topological polar surface area (TPSA) is 68.6 Å². The van der Waals surface area contributed by atoms with Crippen LogP contribution in [0.3, 0.4) is 0 Å². The van der Waals surface area contributed by atoms with Crippen molar-refractivity contribution in [1.82, 2.24) is 14.7 Å². The van der Waals surface area contributed by atoms with Crippen molar-refractivity contribution in [2.24, 2.45) is 0 Å². The first-order chi connectivity index (χ1) is 15.2.